The maximum absolute atomic E-state index is 12.4. The Balaban J connectivity index is 1.96. The average Bonchev–Trinajstić information content (AvgIpc) is 2.94. The van der Waals surface area contributed by atoms with Gasteiger partial charge in [0.2, 0.25) is 5.91 Å². The van der Waals surface area contributed by atoms with Gasteiger partial charge >= 0.3 is 0 Å². The summed E-state index contributed by atoms with van der Waals surface area (Å²) in [6, 6.07) is 2.82. The monoisotopic (exact) mass is 392 g/mol. The molecule has 144 valence electrons. The molecule has 0 spiro atoms. The number of hydrogen-bond donors (Lipinski definition) is 0. The van der Waals surface area contributed by atoms with Gasteiger partial charge in [0, 0.05) is 34.8 Å². The second-order valence-electron chi connectivity index (χ2n) is 7.33. The van der Waals surface area contributed by atoms with E-state index in [0.29, 0.717) is 21.9 Å². The molecule has 3 rings (SSSR count). The Hall–Kier alpha value is -2.39. The summed E-state index contributed by atoms with van der Waals surface area (Å²) in [6.45, 7) is 5.78. The van der Waals surface area contributed by atoms with Gasteiger partial charge in [0.15, 0.2) is 12.6 Å². The molecule has 0 unspecified atom stereocenters. The fourth-order valence-corrected chi connectivity index (χ4v) is 3.64. The van der Waals surface area contributed by atoms with Crippen molar-refractivity contribution in [3.05, 3.63) is 44.5 Å². The molecule has 0 saturated carbocycles. The number of rotatable bonds is 4. The quantitative estimate of drug-likeness (QED) is 0.441. The molecule has 0 aliphatic carbocycles. The minimum atomic E-state index is -0.560. The number of nitro benzene ring substituents is 1. The van der Waals surface area contributed by atoms with Crippen molar-refractivity contribution in [1.29, 1.82) is 0 Å². The Morgan fingerprint density at radius 1 is 1.41 bits per heavy atom. The third kappa shape index (κ3) is 4.14. The first-order chi connectivity index (χ1) is 12.7. The molecule has 2 heterocycles. The predicted octanol–water partition coefficient (Wildman–Crippen LogP) is 2.99. The van der Waals surface area contributed by atoms with Crippen LogP contribution < -0.4 is 4.74 Å². The highest BCUT2D eigenvalue weighted by atomic mass is 32.2. The van der Waals surface area contributed by atoms with E-state index in [0.717, 1.165) is 0 Å². The van der Waals surface area contributed by atoms with Crippen LogP contribution in [0, 0.1) is 15.5 Å². The molecule has 2 aliphatic heterocycles. The number of nitro groups is 1. The molecule has 27 heavy (non-hydrogen) atoms. The molecule has 9 heteroatoms. The highest BCUT2D eigenvalue weighted by Crippen LogP contribution is 2.37. The zero-order chi connectivity index (χ0) is 19.8. The first-order valence-corrected chi connectivity index (χ1v) is 9.35. The van der Waals surface area contributed by atoms with Gasteiger partial charge in [-0.1, -0.05) is 32.5 Å². The van der Waals surface area contributed by atoms with Crippen LogP contribution in [0.5, 0.6) is 5.75 Å². The summed E-state index contributed by atoms with van der Waals surface area (Å²) >= 11 is 1.29. The van der Waals surface area contributed by atoms with Crippen LogP contribution in [0.15, 0.2) is 23.2 Å². The number of carbonyl (C=O) groups excluding carboxylic acids is 2. The molecule has 1 saturated heterocycles. The molecule has 0 radical (unpaired) electrons. The zero-order valence-corrected chi connectivity index (χ0v) is 16.1. The summed E-state index contributed by atoms with van der Waals surface area (Å²) in [4.78, 5) is 36.9. The summed E-state index contributed by atoms with van der Waals surface area (Å²) in [5.74, 6) is 0.485. The van der Waals surface area contributed by atoms with Gasteiger partial charge in [0.1, 0.15) is 5.75 Å². The molecule has 1 aromatic rings. The Morgan fingerprint density at radius 2 is 2.15 bits per heavy atom. The molecule has 1 amide bonds. The smallest absolute Gasteiger partial charge is 0.270 e. The van der Waals surface area contributed by atoms with Crippen molar-refractivity contribution in [2.75, 3.05) is 12.5 Å². The standard InChI is InChI=1S/C18H20N2O6S/c1-18(2,3)14(21)6-16-19(15(22)9-27-16)7-11-4-13(20(23)24)5-12-8-25-10-26-17(11)12/h4-6H,7-10H2,1-3H3/b16-6-. The molecule has 1 fully saturated rings. The van der Waals surface area contributed by atoms with Gasteiger partial charge in [-0.25, -0.2) is 0 Å². The molecule has 0 aromatic heterocycles. The lowest BCUT2D eigenvalue weighted by atomic mass is 9.91. The average molecular weight is 392 g/mol. The van der Waals surface area contributed by atoms with Crippen molar-refractivity contribution >= 4 is 29.1 Å². The van der Waals surface area contributed by atoms with E-state index in [9.17, 15) is 19.7 Å². The minimum Gasteiger partial charge on any atom is -0.467 e. The Morgan fingerprint density at radius 3 is 2.81 bits per heavy atom. The number of ketones is 1. The van der Waals surface area contributed by atoms with E-state index in [2.05, 4.69) is 0 Å². The summed E-state index contributed by atoms with van der Waals surface area (Å²) < 4.78 is 10.7. The highest BCUT2D eigenvalue weighted by Gasteiger charge is 2.31. The van der Waals surface area contributed by atoms with Gasteiger partial charge < -0.3 is 14.4 Å². The van der Waals surface area contributed by atoms with Crippen molar-refractivity contribution < 1.29 is 24.0 Å². The molecule has 1 aromatic carbocycles. The number of hydrogen-bond acceptors (Lipinski definition) is 7. The first-order valence-electron chi connectivity index (χ1n) is 8.37. The van der Waals surface area contributed by atoms with Crippen LogP contribution in [0.3, 0.4) is 0 Å². The number of amides is 1. The largest absolute Gasteiger partial charge is 0.467 e. The number of thioether (sulfide) groups is 1. The van der Waals surface area contributed by atoms with Gasteiger partial charge in [-0.3, -0.25) is 19.7 Å². The van der Waals surface area contributed by atoms with Crippen LogP contribution in [-0.2, 0) is 27.5 Å². The summed E-state index contributed by atoms with van der Waals surface area (Å²) in [5.41, 5.74) is 0.442. The molecule has 0 bridgehead atoms. The summed E-state index contributed by atoms with van der Waals surface area (Å²) in [7, 11) is 0. The van der Waals surface area contributed by atoms with Crippen molar-refractivity contribution in [3.8, 4) is 5.75 Å². The van der Waals surface area contributed by atoms with Crippen LogP contribution in [-0.4, -0.2) is 34.1 Å². The first kappa shape index (κ1) is 19.4. The number of carbonyl (C=O) groups is 2. The third-order valence-electron chi connectivity index (χ3n) is 4.22. The number of non-ortho nitro benzene ring substituents is 1. The van der Waals surface area contributed by atoms with Gasteiger partial charge in [-0.05, 0) is 0 Å². The lowest BCUT2D eigenvalue weighted by Gasteiger charge is -2.24. The van der Waals surface area contributed by atoms with Crippen molar-refractivity contribution in [2.24, 2.45) is 5.41 Å². The predicted molar refractivity (Wildman–Crippen MR) is 98.9 cm³/mol. The van der Waals surface area contributed by atoms with E-state index in [4.69, 9.17) is 9.47 Å². The van der Waals surface area contributed by atoms with E-state index in [1.807, 2.05) is 20.8 Å². The second kappa shape index (κ2) is 7.32. The fraction of sp³-hybridized carbons (Fsp3) is 0.444. The Bertz CT molecular complexity index is 843. The van der Waals surface area contributed by atoms with Crippen molar-refractivity contribution in [2.45, 2.75) is 33.9 Å². The molecule has 8 nitrogen and oxygen atoms in total. The lowest BCUT2D eigenvalue weighted by molar-refractivity contribution is -0.385. The summed E-state index contributed by atoms with van der Waals surface area (Å²) in [5, 5.41) is 11.8. The van der Waals surface area contributed by atoms with Crippen LogP contribution >= 0.6 is 11.8 Å². The van der Waals surface area contributed by atoms with Crippen molar-refractivity contribution in [3.63, 3.8) is 0 Å². The molecule has 0 atom stereocenters. The van der Waals surface area contributed by atoms with Gasteiger partial charge in [0.25, 0.3) is 5.69 Å². The number of ether oxygens (including phenoxy) is 2. The van der Waals surface area contributed by atoms with E-state index >= 15 is 0 Å². The van der Waals surface area contributed by atoms with Gasteiger partial charge in [0.05, 0.1) is 28.9 Å². The number of allylic oxidation sites excluding steroid dienone is 1. The van der Waals surface area contributed by atoms with E-state index in [1.165, 1.54) is 34.9 Å². The van der Waals surface area contributed by atoms with Gasteiger partial charge in [-0.2, -0.15) is 0 Å². The topological polar surface area (TPSA) is 99.0 Å². The molecular formula is C18H20N2O6S. The molecular weight excluding hydrogens is 372 g/mol. The Labute approximate surface area is 160 Å². The summed E-state index contributed by atoms with van der Waals surface area (Å²) in [6.07, 6.45) is 1.48. The molecule has 2 aliphatic rings. The van der Waals surface area contributed by atoms with Crippen LogP contribution in [0.2, 0.25) is 0 Å². The van der Waals surface area contributed by atoms with Crippen molar-refractivity contribution in [1.82, 2.24) is 4.90 Å². The Kier molecular flexibility index (Phi) is 5.25. The maximum atomic E-state index is 12.4. The lowest BCUT2D eigenvalue weighted by Crippen LogP contribution is -2.26. The number of benzene rings is 1. The highest BCUT2D eigenvalue weighted by molar-refractivity contribution is 8.04. The van der Waals surface area contributed by atoms with Crippen LogP contribution in [0.4, 0.5) is 5.69 Å². The van der Waals surface area contributed by atoms with E-state index < -0.39 is 10.3 Å². The van der Waals surface area contributed by atoms with E-state index in [1.54, 1.807) is 0 Å². The fourth-order valence-electron chi connectivity index (χ4n) is 2.70. The van der Waals surface area contributed by atoms with Gasteiger partial charge in [-0.15, -0.1) is 0 Å². The number of nitrogens with zero attached hydrogens (tertiary/aromatic N) is 2. The third-order valence-corrected chi connectivity index (χ3v) is 5.24. The second-order valence-corrected chi connectivity index (χ2v) is 8.32. The number of fused-ring (bicyclic) bond motifs is 1. The van der Waals surface area contributed by atoms with Crippen LogP contribution in [0.25, 0.3) is 0 Å². The SMILES string of the molecule is CC(C)(C)C(=O)/C=C1\SCC(=O)N1Cc1cc([N+](=O)[O-])cc2c1OCOC2. The normalized spacial score (nSPS) is 18.4. The minimum absolute atomic E-state index is 0.0473. The maximum Gasteiger partial charge on any atom is 0.270 e. The van der Waals surface area contributed by atoms with Crippen LogP contribution in [0.1, 0.15) is 31.9 Å². The molecule has 0 N–H and O–H groups in total. The van der Waals surface area contributed by atoms with E-state index in [-0.39, 0.29) is 43.1 Å². The zero-order valence-electron chi connectivity index (χ0n) is 15.3.